The largest absolute Gasteiger partial charge is 0.392 e. The number of thiophene rings is 1. The molecule has 1 heterocycles. The van der Waals surface area contributed by atoms with Crippen molar-refractivity contribution in [1.82, 2.24) is 0 Å². The smallest absolute Gasteiger partial charge is 0.0708 e. The summed E-state index contributed by atoms with van der Waals surface area (Å²) in [6.45, 7) is 0. The van der Waals surface area contributed by atoms with Crippen LogP contribution in [0.1, 0.15) is 30.6 Å². The van der Waals surface area contributed by atoms with E-state index in [1.54, 1.807) is 11.3 Å². The predicted octanol–water partition coefficient (Wildman–Crippen LogP) is 2.85. The van der Waals surface area contributed by atoms with Crippen LogP contribution < -0.4 is 0 Å². The molecular weight excluding hydrogens is 204 g/mol. The minimum atomic E-state index is -0.321. The molecule has 0 amide bonds. The summed E-state index contributed by atoms with van der Waals surface area (Å²) in [4.78, 5) is 1.37. The Morgan fingerprint density at radius 2 is 2.40 bits per heavy atom. The minimum Gasteiger partial charge on any atom is -0.392 e. The van der Waals surface area contributed by atoms with E-state index < -0.39 is 0 Å². The van der Waals surface area contributed by atoms with Crippen molar-refractivity contribution in [3.8, 4) is 12.3 Å². The Labute approximate surface area is 95.1 Å². The van der Waals surface area contributed by atoms with E-state index in [2.05, 4.69) is 23.4 Å². The van der Waals surface area contributed by atoms with Gasteiger partial charge in [-0.05, 0) is 30.7 Å². The second-order valence-electron chi connectivity index (χ2n) is 4.40. The molecule has 0 spiro atoms. The zero-order valence-corrected chi connectivity index (χ0v) is 9.59. The van der Waals surface area contributed by atoms with Gasteiger partial charge in [0.05, 0.1) is 6.10 Å². The van der Waals surface area contributed by atoms with Crippen molar-refractivity contribution in [1.29, 1.82) is 0 Å². The second-order valence-corrected chi connectivity index (χ2v) is 5.43. The molecule has 80 valence electrons. The van der Waals surface area contributed by atoms with Crippen LogP contribution in [0.2, 0.25) is 0 Å². The van der Waals surface area contributed by atoms with Crippen LogP contribution in [0.3, 0.4) is 0 Å². The van der Waals surface area contributed by atoms with E-state index in [0.29, 0.717) is 6.42 Å². The van der Waals surface area contributed by atoms with Gasteiger partial charge < -0.3 is 5.11 Å². The summed E-state index contributed by atoms with van der Waals surface area (Å²) in [7, 11) is 0. The molecule has 1 atom stereocenters. The Hall–Kier alpha value is -0.780. The van der Waals surface area contributed by atoms with Crippen molar-refractivity contribution in [2.75, 3.05) is 0 Å². The van der Waals surface area contributed by atoms with Crippen molar-refractivity contribution in [3.05, 3.63) is 22.4 Å². The Morgan fingerprint density at radius 3 is 2.87 bits per heavy atom. The zero-order chi connectivity index (χ0) is 10.7. The number of terminal acetylenes is 1. The number of hydrogen-bond acceptors (Lipinski definition) is 2. The molecule has 0 radical (unpaired) electrons. The maximum absolute atomic E-state index is 10.1. The van der Waals surface area contributed by atoms with Crippen LogP contribution in [-0.4, -0.2) is 11.2 Å². The van der Waals surface area contributed by atoms with Crippen molar-refractivity contribution in [2.45, 2.75) is 38.2 Å². The molecule has 0 unspecified atom stereocenters. The fourth-order valence-electron chi connectivity index (χ4n) is 2.35. The first-order valence-electron chi connectivity index (χ1n) is 5.41. The van der Waals surface area contributed by atoms with Gasteiger partial charge in [0.2, 0.25) is 0 Å². The molecule has 1 nitrogen and oxygen atoms in total. The molecule has 1 aliphatic rings. The van der Waals surface area contributed by atoms with E-state index in [0.717, 1.165) is 19.3 Å². The number of rotatable bonds is 4. The lowest BCUT2D eigenvalue weighted by Crippen LogP contribution is -2.42. The topological polar surface area (TPSA) is 20.2 Å². The summed E-state index contributed by atoms with van der Waals surface area (Å²) < 4.78 is 0. The van der Waals surface area contributed by atoms with Crippen LogP contribution in [0.4, 0.5) is 0 Å². The highest BCUT2D eigenvalue weighted by molar-refractivity contribution is 7.09. The van der Waals surface area contributed by atoms with Gasteiger partial charge in [0.25, 0.3) is 0 Å². The van der Waals surface area contributed by atoms with Gasteiger partial charge in [-0.1, -0.05) is 12.5 Å². The Balaban J connectivity index is 2.06. The van der Waals surface area contributed by atoms with Crippen LogP contribution in [0.5, 0.6) is 0 Å². The fourth-order valence-corrected chi connectivity index (χ4v) is 3.21. The van der Waals surface area contributed by atoms with Gasteiger partial charge in [-0.2, -0.15) is 0 Å². The predicted molar refractivity (Wildman–Crippen MR) is 63.8 cm³/mol. The first kappa shape index (κ1) is 10.7. The molecule has 0 saturated heterocycles. The molecule has 0 aliphatic heterocycles. The van der Waals surface area contributed by atoms with Crippen LogP contribution in [0.25, 0.3) is 0 Å². The van der Waals surface area contributed by atoms with Crippen LogP contribution in [0.15, 0.2) is 17.5 Å². The third-order valence-corrected chi connectivity index (χ3v) is 4.35. The molecule has 1 saturated carbocycles. The Bertz CT molecular complexity index is 343. The molecular formula is C13H16OS. The van der Waals surface area contributed by atoms with Crippen molar-refractivity contribution >= 4 is 11.3 Å². The van der Waals surface area contributed by atoms with Crippen LogP contribution in [-0.2, 0) is 6.42 Å². The summed E-state index contributed by atoms with van der Waals surface area (Å²) in [6.07, 6.45) is 9.90. The highest BCUT2D eigenvalue weighted by Gasteiger charge is 2.43. The summed E-state index contributed by atoms with van der Waals surface area (Å²) in [5, 5.41) is 12.2. The summed E-state index contributed by atoms with van der Waals surface area (Å²) in [5.41, 5.74) is 0.0806. The first-order valence-corrected chi connectivity index (χ1v) is 6.29. The molecule has 0 bridgehead atoms. The van der Waals surface area contributed by atoms with Crippen molar-refractivity contribution in [2.24, 2.45) is 5.41 Å². The first-order chi connectivity index (χ1) is 7.27. The van der Waals surface area contributed by atoms with Gasteiger partial charge in [-0.25, -0.2) is 0 Å². The lowest BCUT2D eigenvalue weighted by Gasteiger charge is -2.45. The Morgan fingerprint density at radius 1 is 1.60 bits per heavy atom. The summed E-state index contributed by atoms with van der Waals surface area (Å²) in [6, 6.07) is 4.22. The van der Waals surface area contributed by atoms with Gasteiger partial charge in [-0.15, -0.1) is 23.7 Å². The zero-order valence-electron chi connectivity index (χ0n) is 8.78. The average Bonchev–Trinajstić information content (AvgIpc) is 2.63. The maximum Gasteiger partial charge on any atom is 0.0708 e. The van der Waals surface area contributed by atoms with E-state index in [1.807, 2.05) is 0 Å². The third kappa shape index (κ3) is 2.09. The van der Waals surface area contributed by atoms with E-state index in [9.17, 15) is 5.11 Å². The fraction of sp³-hybridized carbons (Fsp3) is 0.538. The quantitative estimate of drug-likeness (QED) is 0.774. The van der Waals surface area contributed by atoms with E-state index in [1.165, 1.54) is 11.3 Å². The molecule has 2 heteroatoms. The normalized spacial score (nSPS) is 20.3. The highest BCUT2D eigenvalue weighted by atomic mass is 32.1. The minimum absolute atomic E-state index is 0.0806. The molecule has 1 aromatic rings. The molecule has 1 N–H and O–H groups in total. The maximum atomic E-state index is 10.1. The average molecular weight is 220 g/mol. The summed E-state index contributed by atoms with van der Waals surface area (Å²) in [5.74, 6) is 2.57. The van der Waals surface area contributed by atoms with Gasteiger partial charge in [0.1, 0.15) is 0 Å². The SMILES string of the molecule is C#CC[C@@H](O)C1(Cc2cccs2)CCC1. The molecule has 15 heavy (non-hydrogen) atoms. The number of aliphatic hydroxyl groups is 1. The summed E-state index contributed by atoms with van der Waals surface area (Å²) >= 11 is 1.77. The van der Waals surface area contributed by atoms with Gasteiger partial charge in [-0.3, -0.25) is 0 Å². The number of aliphatic hydroxyl groups excluding tert-OH is 1. The van der Waals surface area contributed by atoms with Crippen molar-refractivity contribution < 1.29 is 5.11 Å². The highest BCUT2D eigenvalue weighted by Crippen LogP contribution is 2.47. The van der Waals surface area contributed by atoms with Gasteiger partial charge in [0, 0.05) is 16.7 Å². The van der Waals surface area contributed by atoms with Crippen LogP contribution >= 0.6 is 11.3 Å². The molecule has 1 fully saturated rings. The van der Waals surface area contributed by atoms with Crippen molar-refractivity contribution in [3.63, 3.8) is 0 Å². The van der Waals surface area contributed by atoms with Gasteiger partial charge in [0.15, 0.2) is 0 Å². The van der Waals surface area contributed by atoms with Crippen LogP contribution in [0, 0.1) is 17.8 Å². The van der Waals surface area contributed by atoms with Gasteiger partial charge >= 0.3 is 0 Å². The van der Waals surface area contributed by atoms with E-state index in [4.69, 9.17) is 6.42 Å². The lowest BCUT2D eigenvalue weighted by atomic mass is 9.62. The molecule has 0 aromatic carbocycles. The second kappa shape index (κ2) is 4.38. The van der Waals surface area contributed by atoms with E-state index >= 15 is 0 Å². The number of hydrogen-bond donors (Lipinski definition) is 1. The standard InChI is InChI=1S/C13H16OS/c1-2-5-12(14)13(7-4-8-13)10-11-6-3-9-15-11/h1,3,6,9,12,14H,4-5,7-8,10H2/t12-/m1/s1. The Kier molecular flexibility index (Phi) is 3.14. The van der Waals surface area contributed by atoms with E-state index in [-0.39, 0.29) is 11.5 Å². The molecule has 1 aliphatic carbocycles. The lowest BCUT2D eigenvalue weighted by molar-refractivity contribution is -0.0305. The molecule has 2 rings (SSSR count). The monoisotopic (exact) mass is 220 g/mol. The molecule has 1 aromatic heterocycles. The third-order valence-electron chi connectivity index (χ3n) is 3.47.